The normalized spacial score (nSPS) is 17.6. The number of carbonyl (C=O) groups is 4. The molecule has 1 heterocycles. The second kappa shape index (κ2) is 12.3. The molecule has 0 bridgehead atoms. The third-order valence-electron chi connectivity index (χ3n) is 5.57. The van der Waals surface area contributed by atoms with Crippen LogP contribution in [0.25, 0.3) is 6.08 Å². The average molecular weight is 448 g/mol. The van der Waals surface area contributed by atoms with E-state index in [0.29, 0.717) is 19.3 Å². The minimum absolute atomic E-state index is 0.0949. The van der Waals surface area contributed by atoms with E-state index in [-0.39, 0.29) is 24.7 Å². The fourth-order valence-corrected chi connectivity index (χ4v) is 3.81. The van der Waals surface area contributed by atoms with Gasteiger partial charge in [-0.1, -0.05) is 60.7 Å². The Hall–Kier alpha value is -3.74. The van der Waals surface area contributed by atoms with E-state index in [2.05, 4.69) is 16.0 Å². The largest absolute Gasteiger partial charge is 0.356 e. The Morgan fingerprint density at radius 3 is 2.39 bits per heavy atom. The second-order valence-corrected chi connectivity index (χ2v) is 8.11. The standard InChI is InChI=1S/C26H29N3O4/c30-18-22(17-21-12-7-15-27-25(21)32)28-26(33)23(16-20-10-5-2-6-11-20)29-24(31)14-13-19-8-3-1-4-9-19/h1-6,8-11,13-14,18,21-23H,7,12,15-17H2,(H,27,32)(H,28,33)(H,29,31)/b14-13+/t21?,22-,23-/m0/s1. The van der Waals surface area contributed by atoms with Crippen LogP contribution in [0.3, 0.4) is 0 Å². The molecule has 0 radical (unpaired) electrons. The lowest BCUT2D eigenvalue weighted by Crippen LogP contribution is -2.51. The Bertz CT molecular complexity index is 976. The molecule has 172 valence electrons. The molecule has 3 N–H and O–H groups in total. The van der Waals surface area contributed by atoms with Crippen molar-refractivity contribution >= 4 is 30.1 Å². The lowest BCUT2D eigenvalue weighted by Gasteiger charge is -2.25. The van der Waals surface area contributed by atoms with Crippen LogP contribution in [0.4, 0.5) is 0 Å². The van der Waals surface area contributed by atoms with Gasteiger partial charge in [-0.3, -0.25) is 14.4 Å². The zero-order chi connectivity index (χ0) is 23.5. The smallest absolute Gasteiger partial charge is 0.244 e. The fourth-order valence-electron chi connectivity index (χ4n) is 3.81. The lowest BCUT2D eigenvalue weighted by molar-refractivity contribution is -0.130. The van der Waals surface area contributed by atoms with Gasteiger partial charge in [0, 0.05) is 25.0 Å². The number of piperidine rings is 1. The maximum atomic E-state index is 13.0. The highest BCUT2D eigenvalue weighted by Crippen LogP contribution is 2.17. The van der Waals surface area contributed by atoms with E-state index in [4.69, 9.17) is 0 Å². The van der Waals surface area contributed by atoms with Gasteiger partial charge in [0.2, 0.25) is 17.7 Å². The molecule has 33 heavy (non-hydrogen) atoms. The highest BCUT2D eigenvalue weighted by molar-refractivity contribution is 5.96. The summed E-state index contributed by atoms with van der Waals surface area (Å²) in [6.07, 6.45) is 5.73. The summed E-state index contributed by atoms with van der Waals surface area (Å²) >= 11 is 0. The van der Waals surface area contributed by atoms with E-state index < -0.39 is 23.9 Å². The maximum Gasteiger partial charge on any atom is 0.244 e. The van der Waals surface area contributed by atoms with Crippen molar-refractivity contribution in [2.45, 2.75) is 37.8 Å². The fraction of sp³-hybridized carbons (Fsp3) is 0.308. The molecule has 0 aliphatic carbocycles. The zero-order valence-corrected chi connectivity index (χ0v) is 18.4. The summed E-state index contributed by atoms with van der Waals surface area (Å²) in [5.74, 6) is -1.29. The van der Waals surface area contributed by atoms with E-state index >= 15 is 0 Å². The first kappa shape index (κ1) is 23.9. The molecule has 3 rings (SSSR count). The molecule has 1 aliphatic rings. The zero-order valence-electron chi connectivity index (χ0n) is 18.4. The molecule has 0 spiro atoms. The highest BCUT2D eigenvalue weighted by atomic mass is 16.2. The number of nitrogens with one attached hydrogen (secondary N) is 3. The average Bonchev–Trinajstić information content (AvgIpc) is 2.84. The van der Waals surface area contributed by atoms with E-state index in [1.165, 1.54) is 6.08 Å². The summed E-state index contributed by atoms with van der Waals surface area (Å²) in [4.78, 5) is 49.3. The van der Waals surface area contributed by atoms with E-state index in [1.54, 1.807) is 6.08 Å². The number of hydrogen-bond donors (Lipinski definition) is 3. The van der Waals surface area contributed by atoms with E-state index in [9.17, 15) is 19.2 Å². The van der Waals surface area contributed by atoms with Gasteiger partial charge in [-0.25, -0.2) is 0 Å². The van der Waals surface area contributed by atoms with Crippen molar-refractivity contribution < 1.29 is 19.2 Å². The predicted octanol–water partition coefficient (Wildman–Crippen LogP) is 2.03. The van der Waals surface area contributed by atoms with Gasteiger partial charge in [-0.15, -0.1) is 0 Å². The molecule has 7 nitrogen and oxygen atoms in total. The summed E-state index contributed by atoms with van der Waals surface area (Å²) in [6.45, 7) is 0.634. The molecule has 1 aliphatic heterocycles. The van der Waals surface area contributed by atoms with Gasteiger partial charge in [0.05, 0.1) is 6.04 Å². The Balaban J connectivity index is 1.67. The van der Waals surface area contributed by atoms with Gasteiger partial charge >= 0.3 is 0 Å². The van der Waals surface area contributed by atoms with Gasteiger partial charge in [0.1, 0.15) is 12.3 Å². The summed E-state index contributed by atoms with van der Waals surface area (Å²) in [5.41, 5.74) is 1.74. The SMILES string of the molecule is O=C[C@H](CC1CCCNC1=O)NC(=O)[C@H](Cc1ccccc1)NC(=O)/C=C/c1ccccc1. The van der Waals surface area contributed by atoms with Crippen molar-refractivity contribution in [2.24, 2.45) is 5.92 Å². The lowest BCUT2D eigenvalue weighted by atomic mass is 9.92. The van der Waals surface area contributed by atoms with Gasteiger partial charge < -0.3 is 20.7 Å². The first-order valence-electron chi connectivity index (χ1n) is 11.2. The number of aldehydes is 1. The van der Waals surface area contributed by atoms with E-state index in [0.717, 1.165) is 17.5 Å². The molecule has 1 unspecified atom stereocenters. The second-order valence-electron chi connectivity index (χ2n) is 8.11. The topological polar surface area (TPSA) is 104 Å². The number of rotatable bonds is 10. The number of hydrogen-bond acceptors (Lipinski definition) is 4. The molecular weight excluding hydrogens is 418 g/mol. The Kier molecular flexibility index (Phi) is 8.94. The van der Waals surface area contributed by atoms with Crippen LogP contribution in [-0.4, -0.2) is 42.6 Å². The minimum atomic E-state index is -0.872. The maximum absolute atomic E-state index is 13.0. The molecule has 7 heteroatoms. The molecule has 3 amide bonds. The van der Waals surface area contributed by atoms with Gasteiger partial charge in [0.15, 0.2) is 0 Å². The number of amides is 3. The van der Waals surface area contributed by atoms with Crippen molar-refractivity contribution in [1.29, 1.82) is 0 Å². The quantitative estimate of drug-likeness (QED) is 0.383. The third kappa shape index (κ3) is 7.71. The molecule has 1 saturated heterocycles. The predicted molar refractivity (Wildman–Crippen MR) is 126 cm³/mol. The third-order valence-corrected chi connectivity index (χ3v) is 5.57. The van der Waals surface area contributed by atoms with Crippen LogP contribution in [-0.2, 0) is 25.6 Å². The first-order valence-corrected chi connectivity index (χ1v) is 11.2. The van der Waals surface area contributed by atoms with Gasteiger partial charge in [-0.05, 0) is 36.5 Å². The summed E-state index contributed by atoms with van der Waals surface area (Å²) in [6, 6.07) is 17.0. The summed E-state index contributed by atoms with van der Waals surface area (Å²) in [5, 5.41) is 8.24. The van der Waals surface area contributed by atoms with Crippen LogP contribution in [0.15, 0.2) is 66.7 Å². The van der Waals surface area contributed by atoms with Gasteiger partial charge in [-0.2, -0.15) is 0 Å². The monoisotopic (exact) mass is 447 g/mol. The van der Waals surface area contributed by atoms with Crippen LogP contribution in [0.1, 0.15) is 30.4 Å². The first-order chi connectivity index (χ1) is 16.0. The van der Waals surface area contributed by atoms with E-state index in [1.807, 2.05) is 60.7 Å². The summed E-state index contributed by atoms with van der Waals surface area (Å²) in [7, 11) is 0. The Morgan fingerprint density at radius 2 is 1.73 bits per heavy atom. The minimum Gasteiger partial charge on any atom is -0.356 e. The number of benzene rings is 2. The number of carbonyl (C=O) groups excluding carboxylic acids is 4. The van der Waals surface area contributed by atoms with Crippen molar-refractivity contribution in [3.8, 4) is 0 Å². The molecule has 2 aromatic rings. The highest BCUT2D eigenvalue weighted by Gasteiger charge is 2.28. The van der Waals surface area contributed by atoms with Crippen molar-refractivity contribution in [1.82, 2.24) is 16.0 Å². The van der Waals surface area contributed by atoms with Crippen LogP contribution >= 0.6 is 0 Å². The van der Waals surface area contributed by atoms with Crippen molar-refractivity contribution in [3.63, 3.8) is 0 Å². The van der Waals surface area contributed by atoms with Crippen molar-refractivity contribution in [3.05, 3.63) is 77.9 Å². The molecule has 1 fully saturated rings. The van der Waals surface area contributed by atoms with Crippen LogP contribution < -0.4 is 16.0 Å². The Morgan fingerprint density at radius 1 is 1.03 bits per heavy atom. The van der Waals surface area contributed by atoms with Gasteiger partial charge in [0.25, 0.3) is 0 Å². The molecule has 0 saturated carbocycles. The van der Waals surface area contributed by atoms with Crippen LogP contribution in [0, 0.1) is 5.92 Å². The molecule has 2 aromatic carbocycles. The molecular formula is C26H29N3O4. The van der Waals surface area contributed by atoms with Crippen LogP contribution in [0.2, 0.25) is 0 Å². The van der Waals surface area contributed by atoms with Crippen molar-refractivity contribution in [2.75, 3.05) is 6.54 Å². The molecule has 3 atom stereocenters. The molecule has 0 aromatic heterocycles. The van der Waals surface area contributed by atoms with Crippen LogP contribution in [0.5, 0.6) is 0 Å². The Labute approximate surface area is 193 Å². The summed E-state index contributed by atoms with van der Waals surface area (Å²) < 4.78 is 0.